The molecule has 1 aromatic carbocycles. The summed E-state index contributed by atoms with van der Waals surface area (Å²) in [7, 11) is -3.64. The van der Waals surface area contributed by atoms with E-state index in [0.29, 0.717) is 30.7 Å². The Morgan fingerprint density at radius 3 is 2.75 bits per heavy atom. The lowest BCUT2D eigenvalue weighted by Crippen LogP contribution is -2.48. The van der Waals surface area contributed by atoms with E-state index in [0.717, 1.165) is 4.47 Å². The summed E-state index contributed by atoms with van der Waals surface area (Å²) in [6.07, 6.45) is 0.702. The molecule has 1 fully saturated rings. The minimum Gasteiger partial charge on any atom is -0.398 e. The number of benzene rings is 1. The van der Waals surface area contributed by atoms with Crippen molar-refractivity contribution in [2.75, 3.05) is 25.5 Å². The third-order valence-corrected chi connectivity index (χ3v) is 6.66. The fourth-order valence-electron chi connectivity index (χ4n) is 2.25. The van der Waals surface area contributed by atoms with Gasteiger partial charge < -0.3 is 10.5 Å². The van der Waals surface area contributed by atoms with Crippen molar-refractivity contribution in [2.45, 2.75) is 24.3 Å². The van der Waals surface area contributed by atoms with Gasteiger partial charge >= 0.3 is 0 Å². The van der Waals surface area contributed by atoms with Crippen LogP contribution in [0.1, 0.15) is 13.3 Å². The van der Waals surface area contributed by atoms with Crippen molar-refractivity contribution >= 4 is 47.6 Å². The number of ether oxygens (including phenoxy) is 1. The number of anilines is 1. The zero-order valence-electron chi connectivity index (χ0n) is 11.0. The van der Waals surface area contributed by atoms with Gasteiger partial charge in [-0.25, -0.2) is 8.42 Å². The van der Waals surface area contributed by atoms with Crippen LogP contribution in [0, 0.1) is 0 Å². The molecule has 1 heterocycles. The van der Waals surface area contributed by atoms with E-state index in [1.165, 1.54) is 4.31 Å². The number of nitrogens with zero attached hydrogens (tertiary/aromatic N) is 1. The van der Waals surface area contributed by atoms with Gasteiger partial charge in [0.05, 0.1) is 18.9 Å². The fraction of sp³-hybridized carbons (Fsp3) is 0.500. The Morgan fingerprint density at radius 2 is 2.15 bits per heavy atom. The normalized spacial score (nSPS) is 21.1. The summed E-state index contributed by atoms with van der Waals surface area (Å²) in [5.41, 5.74) is 6.13. The van der Waals surface area contributed by atoms with Gasteiger partial charge in [0.25, 0.3) is 0 Å². The van der Waals surface area contributed by atoms with E-state index in [-0.39, 0.29) is 16.6 Å². The first kappa shape index (κ1) is 16.2. The molecule has 8 heteroatoms. The van der Waals surface area contributed by atoms with E-state index in [1.54, 1.807) is 12.1 Å². The highest BCUT2D eigenvalue weighted by molar-refractivity contribution is 9.11. The first-order valence-corrected chi connectivity index (χ1v) is 9.24. The molecule has 0 spiro atoms. The molecule has 0 saturated carbocycles. The standard InChI is InChI=1S/C12H16Br2N2O3S/c1-2-9-7-19-4-3-16(9)20(17,18)12-10(14)5-8(13)6-11(12)15/h5-6,9H,2-4,7,15H2,1H3. The summed E-state index contributed by atoms with van der Waals surface area (Å²) in [5.74, 6) is 0. The Morgan fingerprint density at radius 1 is 1.45 bits per heavy atom. The third kappa shape index (κ3) is 3.04. The van der Waals surface area contributed by atoms with Crippen LogP contribution in [0.3, 0.4) is 0 Å². The predicted octanol–water partition coefficient (Wildman–Crippen LogP) is 2.59. The van der Waals surface area contributed by atoms with Crippen LogP contribution in [0.15, 0.2) is 26.0 Å². The van der Waals surface area contributed by atoms with Gasteiger partial charge in [-0.05, 0) is 34.5 Å². The minimum atomic E-state index is -3.64. The molecule has 0 radical (unpaired) electrons. The van der Waals surface area contributed by atoms with Gasteiger partial charge in [0.15, 0.2) is 0 Å². The largest absolute Gasteiger partial charge is 0.398 e. The van der Waals surface area contributed by atoms with E-state index < -0.39 is 10.0 Å². The van der Waals surface area contributed by atoms with Crippen molar-refractivity contribution < 1.29 is 13.2 Å². The van der Waals surface area contributed by atoms with Crippen LogP contribution in [0.25, 0.3) is 0 Å². The number of morpholine rings is 1. The number of sulfonamides is 1. The summed E-state index contributed by atoms with van der Waals surface area (Å²) < 4.78 is 33.7. The summed E-state index contributed by atoms with van der Waals surface area (Å²) in [5, 5.41) is 0. The van der Waals surface area contributed by atoms with Crippen LogP contribution in [0.5, 0.6) is 0 Å². The highest BCUT2D eigenvalue weighted by Gasteiger charge is 2.35. The molecule has 0 bridgehead atoms. The van der Waals surface area contributed by atoms with Gasteiger partial charge in [0, 0.05) is 21.5 Å². The number of hydrogen-bond acceptors (Lipinski definition) is 4. The molecule has 1 unspecified atom stereocenters. The summed E-state index contributed by atoms with van der Waals surface area (Å²) in [6.45, 7) is 3.12. The van der Waals surface area contributed by atoms with E-state index in [9.17, 15) is 8.42 Å². The molecule has 1 aromatic rings. The van der Waals surface area contributed by atoms with E-state index in [1.807, 2.05) is 6.92 Å². The maximum atomic E-state index is 12.9. The van der Waals surface area contributed by atoms with Crippen molar-refractivity contribution in [1.82, 2.24) is 4.31 Å². The molecular weight excluding hydrogens is 412 g/mol. The molecular formula is C12H16Br2N2O3S. The van der Waals surface area contributed by atoms with Gasteiger partial charge in [0.2, 0.25) is 10.0 Å². The monoisotopic (exact) mass is 426 g/mol. The smallest absolute Gasteiger partial charge is 0.246 e. The molecule has 20 heavy (non-hydrogen) atoms. The lowest BCUT2D eigenvalue weighted by molar-refractivity contribution is 0.0314. The van der Waals surface area contributed by atoms with Gasteiger partial charge in [-0.15, -0.1) is 0 Å². The molecule has 0 aromatic heterocycles. The maximum Gasteiger partial charge on any atom is 0.246 e. The maximum absolute atomic E-state index is 12.9. The Bertz CT molecular complexity index is 584. The second-order valence-corrected chi connectivity index (χ2v) is 8.16. The zero-order chi connectivity index (χ0) is 14.9. The summed E-state index contributed by atoms with van der Waals surface area (Å²) in [4.78, 5) is 0.126. The van der Waals surface area contributed by atoms with Gasteiger partial charge in [-0.1, -0.05) is 22.9 Å². The van der Waals surface area contributed by atoms with Crippen molar-refractivity contribution in [1.29, 1.82) is 0 Å². The van der Waals surface area contributed by atoms with Gasteiger partial charge in [-0.2, -0.15) is 4.31 Å². The molecule has 112 valence electrons. The number of halogens is 2. The summed E-state index contributed by atoms with van der Waals surface area (Å²) >= 11 is 6.59. The zero-order valence-corrected chi connectivity index (χ0v) is 15.0. The lowest BCUT2D eigenvalue weighted by Gasteiger charge is -2.34. The molecule has 1 aliphatic heterocycles. The SMILES string of the molecule is CCC1COCCN1S(=O)(=O)c1c(N)cc(Br)cc1Br. The van der Waals surface area contributed by atoms with Crippen molar-refractivity contribution in [3.8, 4) is 0 Å². The molecule has 1 atom stereocenters. The molecule has 5 nitrogen and oxygen atoms in total. The Kier molecular flexibility index (Phi) is 5.12. The van der Waals surface area contributed by atoms with Crippen LogP contribution >= 0.6 is 31.9 Å². The molecule has 2 N–H and O–H groups in total. The molecule has 1 saturated heterocycles. The summed E-state index contributed by atoms with van der Waals surface area (Å²) in [6, 6.07) is 3.13. The topological polar surface area (TPSA) is 72.6 Å². The number of nitrogens with two attached hydrogens (primary N) is 1. The fourth-order valence-corrected chi connectivity index (χ4v) is 5.93. The Hall–Kier alpha value is -0.150. The van der Waals surface area contributed by atoms with Crippen LogP contribution in [0.4, 0.5) is 5.69 Å². The average Bonchev–Trinajstić information content (AvgIpc) is 2.37. The van der Waals surface area contributed by atoms with Crippen LogP contribution in [-0.4, -0.2) is 38.5 Å². The van der Waals surface area contributed by atoms with Crippen LogP contribution < -0.4 is 5.73 Å². The van der Waals surface area contributed by atoms with Crippen molar-refractivity contribution in [2.24, 2.45) is 0 Å². The predicted molar refractivity (Wildman–Crippen MR) is 85.0 cm³/mol. The van der Waals surface area contributed by atoms with E-state index in [4.69, 9.17) is 10.5 Å². The van der Waals surface area contributed by atoms with Crippen LogP contribution in [-0.2, 0) is 14.8 Å². The molecule has 0 amide bonds. The Labute approximate surface area is 135 Å². The van der Waals surface area contributed by atoms with Crippen molar-refractivity contribution in [3.63, 3.8) is 0 Å². The molecule has 1 aliphatic rings. The minimum absolute atomic E-state index is 0.126. The second kappa shape index (κ2) is 6.31. The number of rotatable bonds is 3. The Balaban J connectivity index is 2.49. The highest BCUT2D eigenvalue weighted by Crippen LogP contribution is 2.35. The van der Waals surface area contributed by atoms with E-state index in [2.05, 4.69) is 31.9 Å². The second-order valence-electron chi connectivity index (χ2n) is 4.56. The van der Waals surface area contributed by atoms with Gasteiger partial charge in [-0.3, -0.25) is 0 Å². The average molecular weight is 428 g/mol. The first-order valence-electron chi connectivity index (χ1n) is 6.22. The number of nitrogen functional groups attached to an aromatic ring is 1. The quantitative estimate of drug-likeness (QED) is 0.752. The third-order valence-electron chi connectivity index (χ3n) is 3.25. The lowest BCUT2D eigenvalue weighted by atomic mass is 10.2. The van der Waals surface area contributed by atoms with E-state index >= 15 is 0 Å². The first-order chi connectivity index (χ1) is 9.37. The van der Waals surface area contributed by atoms with Crippen LogP contribution in [0.2, 0.25) is 0 Å². The highest BCUT2D eigenvalue weighted by atomic mass is 79.9. The number of hydrogen-bond donors (Lipinski definition) is 1. The molecule has 0 aliphatic carbocycles. The van der Waals surface area contributed by atoms with Gasteiger partial charge in [0.1, 0.15) is 4.90 Å². The molecule has 2 rings (SSSR count). The van der Waals surface area contributed by atoms with Crippen molar-refractivity contribution in [3.05, 3.63) is 21.1 Å².